The number of hydrogen-bond donors (Lipinski definition) is 1. The van der Waals surface area contributed by atoms with Crippen LogP contribution in [-0.4, -0.2) is 36.4 Å². The number of anilines is 1. The number of ether oxygens (including phenoxy) is 1. The van der Waals surface area contributed by atoms with Crippen molar-refractivity contribution < 1.29 is 14.6 Å². The van der Waals surface area contributed by atoms with Crippen LogP contribution in [0.4, 0.5) is 5.69 Å². The van der Waals surface area contributed by atoms with Gasteiger partial charge in [0.15, 0.2) is 0 Å². The minimum absolute atomic E-state index is 0.212. The Morgan fingerprint density at radius 3 is 2.60 bits per heavy atom. The third-order valence-corrected chi connectivity index (χ3v) is 3.86. The molecule has 2 rings (SSSR count). The molecule has 0 spiro atoms. The topological polar surface area (TPSA) is 49.8 Å². The fourth-order valence-corrected chi connectivity index (χ4v) is 2.90. The molecule has 1 heterocycles. The van der Waals surface area contributed by atoms with E-state index < -0.39 is 5.97 Å². The number of morpholine rings is 1. The Morgan fingerprint density at radius 1 is 1.40 bits per heavy atom. The maximum Gasteiger partial charge on any atom is 0.328 e. The lowest BCUT2D eigenvalue weighted by molar-refractivity contribution is -0.131. The van der Waals surface area contributed by atoms with E-state index >= 15 is 0 Å². The zero-order valence-electron chi connectivity index (χ0n) is 11.5. The highest BCUT2D eigenvalue weighted by Gasteiger charge is 2.22. The molecule has 0 saturated carbocycles. The van der Waals surface area contributed by atoms with Crippen molar-refractivity contribution in [1.82, 2.24) is 0 Å². The Morgan fingerprint density at radius 2 is 2.05 bits per heavy atom. The van der Waals surface area contributed by atoms with E-state index in [9.17, 15) is 4.79 Å². The highest BCUT2D eigenvalue weighted by Crippen LogP contribution is 2.27. The fourth-order valence-electron chi connectivity index (χ4n) is 2.40. The minimum Gasteiger partial charge on any atom is -0.478 e. The third kappa shape index (κ3) is 3.84. The first-order chi connectivity index (χ1) is 9.45. The molecule has 2 atom stereocenters. The van der Waals surface area contributed by atoms with Crippen molar-refractivity contribution >= 4 is 33.7 Å². The summed E-state index contributed by atoms with van der Waals surface area (Å²) in [7, 11) is 0. The van der Waals surface area contributed by atoms with Crippen LogP contribution in [0, 0.1) is 0 Å². The van der Waals surface area contributed by atoms with Gasteiger partial charge in [0, 0.05) is 29.3 Å². The molecule has 0 bridgehead atoms. The fraction of sp³-hybridized carbons (Fsp3) is 0.400. The number of rotatable bonds is 3. The second-order valence-electron chi connectivity index (χ2n) is 5.04. The van der Waals surface area contributed by atoms with E-state index in [1.807, 2.05) is 18.2 Å². The van der Waals surface area contributed by atoms with Crippen LogP contribution >= 0.6 is 15.9 Å². The lowest BCUT2D eigenvalue weighted by atomic mass is 10.1. The summed E-state index contributed by atoms with van der Waals surface area (Å²) >= 11 is 3.49. The van der Waals surface area contributed by atoms with Gasteiger partial charge in [-0.05, 0) is 37.6 Å². The smallest absolute Gasteiger partial charge is 0.328 e. The molecule has 108 valence electrons. The average molecular weight is 340 g/mol. The van der Waals surface area contributed by atoms with Crippen LogP contribution in [-0.2, 0) is 9.53 Å². The monoisotopic (exact) mass is 339 g/mol. The van der Waals surface area contributed by atoms with Crippen molar-refractivity contribution in [2.45, 2.75) is 26.1 Å². The van der Waals surface area contributed by atoms with E-state index in [4.69, 9.17) is 9.84 Å². The standard InChI is InChI=1S/C15H18BrNO3/c1-10-8-17(9-11(2)20-10)13-5-3-12(14(16)7-13)4-6-15(18)19/h3-7,10-11H,8-9H2,1-2H3,(H,18,19)/b6-4+/t10-,11+. The first-order valence-corrected chi connectivity index (χ1v) is 7.36. The highest BCUT2D eigenvalue weighted by atomic mass is 79.9. The number of aliphatic carboxylic acids is 1. The maximum atomic E-state index is 10.5. The molecule has 1 fully saturated rings. The maximum absolute atomic E-state index is 10.5. The van der Waals surface area contributed by atoms with Gasteiger partial charge in [0.25, 0.3) is 0 Å². The molecule has 0 radical (unpaired) electrons. The Balaban J connectivity index is 2.18. The Hall–Kier alpha value is -1.33. The Bertz CT molecular complexity index is 520. The molecule has 1 N–H and O–H groups in total. The van der Waals surface area contributed by atoms with Gasteiger partial charge in [0.2, 0.25) is 0 Å². The van der Waals surface area contributed by atoms with E-state index in [-0.39, 0.29) is 12.2 Å². The molecule has 1 saturated heterocycles. The van der Waals surface area contributed by atoms with Crippen molar-refractivity contribution in [1.29, 1.82) is 0 Å². The summed E-state index contributed by atoms with van der Waals surface area (Å²) in [5, 5.41) is 8.66. The van der Waals surface area contributed by atoms with Crippen LogP contribution in [0.5, 0.6) is 0 Å². The average Bonchev–Trinajstić information content (AvgIpc) is 2.35. The van der Waals surface area contributed by atoms with Crippen LogP contribution in [0.3, 0.4) is 0 Å². The number of carbonyl (C=O) groups is 1. The molecule has 4 nitrogen and oxygen atoms in total. The molecule has 1 aliphatic rings. The van der Waals surface area contributed by atoms with Crippen LogP contribution < -0.4 is 4.90 Å². The van der Waals surface area contributed by atoms with Crippen molar-refractivity contribution in [2.75, 3.05) is 18.0 Å². The zero-order chi connectivity index (χ0) is 14.7. The molecular formula is C15H18BrNO3. The van der Waals surface area contributed by atoms with Crippen molar-refractivity contribution in [2.24, 2.45) is 0 Å². The van der Waals surface area contributed by atoms with Crippen molar-refractivity contribution in [3.8, 4) is 0 Å². The second kappa shape index (κ2) is 6.41. The number of benzene rings is 1. The van der Waals surface area contributed by atoms with Gasteiger partial charge in [-0.25, -0.2) is 4.79 Å². The number of carboxylic acids is 1. The van der Waals surface area contributed by atoms with E-state index in [1.54, 1.807) is 6.08 Å². The van der Waals surface area contributed by atoms with Gasteiger partial charge in [0.1, 0.15) is 0 Å². The van der Waals surface area contributed by atoms with E-state index in [1.165, 1.54) is 0 Å². The first kappa shape index (κ1) is 15.1. The molecule has 0 unspecified atom stereocenters. The molecule has 1 aromatic carbocycles. The second-order valence-corrected chi connectivity index (χ2v) is 5.89. The number of hydrogen-bond acceptors (Lipinski definition) is 3. The molecule has 20 heavy (non-hydrogen) atoms. The Labute approximate surface area is 127 Å². The summed E-state index contributed by atoms with van der Waals surface area (Å²) in [5.74, 6) is -0.947. The summed E-state index contributed by atoms with van der Waals surface area (Å²) in [4.78, 5) is 12.8. The number of nitrogens with zero attached hydrogens (tertiary/aromatic N) is 1. The SMILES string of the molecule is C[C@@H]1CN(c2ccc(/C=C/C(=O)O)c(Br)c2)C[C@H](C)O1. The first-order valence-electron chi connectivity index (χ1n) is 6.56. The summed E-state index contributed by atoms with van der Waals surface area (Å²) < 4.78 is 6.62. The highest BCUT2D eigenvalue weighted by molar-refractivity contribution is 9.10. The third-order valence-electron chi connectivity index (χ3n) is 3.17. The quantitative estimate of drug-likeness (QED) is 0.859. The molecule has 0 amide bonds. The summed E-state index contributed by atoms with van der Waals surface area (Å²) in [6.07, 6.45) is 3.15. The van der Waals surface area contributed by atoms with E-state index in [0.29, 0.717) is 0 Å². The predicted octanol–water partition coefficient (Wildman–Crippen LogP) is 3.16. The summed E-state index contributed by atoms with van der Waals surface area (Å²) in [6, 6.07) is 5.95. The normalized spacial score (nSPS) is 23.2. The largest absolute Gasteiger partial charge is 0.478 e. The van der Waals surface area contributed by atoms with Gasteiger partial charge in [-0.2, -0.15) is 0 Å². The van der Waals surface area contributed by atoms with Gasteiger partial charge in [0.05, 0.1) is 12.2 Å². The van der Waals surface area contributed by atoms with Gasteiger partial charge in [-0.3, -0.25) is 0 Å². The van der Waals surface area contributed by atoms with Crippen molar-refractivity contribution in [3.05, 3.63) is 34.3 Å². The molecular weight excluding hydrogens is 322 g/mol. The molecule has 0 aromatic heterocycles. The van der Waals surface area contributed by atoms with Crippen LogP contribution in [0.25, 0.3) is 6.08 Å². The van der Waals surface area contributed by atoms with E-state index in [2.05, 4.69) is 34.7 Å². The lowest BCUT2D eigenvalue weighted by Gasteiger charge is -2.37. The molecule has 1 aromatic rings. The minimum atomic E-state index is -0.947. The molecule has 1 aliphatic heterocycles. The van der Waals surface area contributed by atoms with Gasteiger partial charge in [-0.1, -0.05) is 22.0 Å². The summed E-state index contributed by atoms with van der Waals surface area (Å²) in [6.45, 7) is 5.87. The zero-order valence-corrected chi connectivity index (χ0v) is 13.1. The number of halogens is 1. The van der Waals surface area contributed by atoms with Crippen molar-refractivity contribution in [3.63, 3.8) is 0 Å². The van der Waals surface area contributed by atoms with Crippen LogP contribution in [0.1, 0.15) is 19.4 Å². The summed E-state index contributed by atoms with van der Waals surface area (Å²) in [5.41, 5.74) is 1.97. The predicted molar refractivity (Wildman–Crippen MR) is 83.0 cm³/mol. The molecule has 5 heteroatoms. The van der Waals surface area contributed by atoms with Gasteiger partial charge >= 0.3 is 5.97 Å². The lowest BCUT2D eigenvalue weighted by Crippen LogP contribution is -2.45. The number of carboxylic acid groups (broad SMARTS) is 1. The molecule has 0 aliphatic carbocycles. The van der Waals surface area contributed by atoms with Gasteiger partial charge in [-0.15, -0.1) is 0 Å². The van der Waals surface area contributed by atoms with Crippen LogP contribution in [0.15, 0.2) is 28.7 Å². The van der Waals surface area contributed by atoms with E-state index in [0.717, 1.165) is 34.9 Å². The van der Waals surface area contributed by atoms with Crippen LogP contribution in [0.2, 0.25) is 0 Å². The Kier molecular flexibility index (Phi) is 4.83. The van der Waals surface area contributed by atoms with Gasteiger partial charge < -0.3 is 14.7 Å².